The van der Waals surface area contributed by atoms with Crippen LogP contribution < -0.4 is 10.1 Å². The lowest BCUT2D eigenvalue weighted by molar-refractivity contribution is 0.0805. The highest BCUT2D eigenvalue weighted by Crippen LogP contribution is 2.26. The molecule has 1 aromatic carbocycles. The highest BCUT2D eigenvalue weighted by molar-refractivity contribution is 7.32. The van der Waals surface area contributed by atoms with Gasteiger partial charge in [-0.15, -0.1) is 23.2 Å². The molecule has 0 heterocycles. The van der Waals surface area contributed by atoms with Crippen LogP contribution in [0.1, 0.15) is 6.92 Å². The first-order valence-electron chi connectivity index (χ1n) is 6.29. The number of hydrogen-bond acceptors (Lipinski definition) is 4. The average Bonchev–Trinajstić information content (AvgIpc) is 2.46. The van der Waals surface area contributed by atoms with E-state index in [1.165, 1.54) is 7.05 Å². The number of halogens is 2. The SMILES string of the molecule is CCOc1ccc(NC(=O)N(C)C(O[PH](=O)O)C(Cl)Cl)cc1. The maximum atomic E-state index is 12.1. The predicted molar refractivity (Wildman–Crippen MR) is 86.0 cm³/mol. The van der Waals surface area contributed by atoms with Gasteiger partial charge < -0.3 is 14.9 Å². The molecule has 10 heteroatoms. The number of rotatable bonds is 7. The van der Waals surface area contributed by atoms with Crippen LogP contribution in [0.2, 0.25) is 0 Å². The molecule has 0 aliphatic rings. The van der Waals surface area contributed by atoms with E-state index in [1.807, 2.05) is 6.92 Å². The molecule has 2 unspecified atom stereocenters. The van der Waals surface area contributed by atoms with Gasteiger partial charge in [-0.25, -0.2) is 4.79 Å². The minimum Gasteiger partial charge on any atom is -0.494 e. The number of benzene rings is 1. The molecule has 0 radical (unpaired) electrons. The van der Waals surface area contributed by atoms with Crippen LogP contribution in [-0.2, 0) is 9.09 Å². The summed E-state index contributed by atoms with van der Waals surface area (Å²) in [5.41, 5.74) is 0.511. The number of amides is 2. The van der Waals surface area contributed by atoms with Crippen LogP contribution in [-0.4, -0.2) is 40.5 Å². The number of carbonyl (C=O) groups excluding carboxylic acids is 1. The summed E-state index contributed by atoms with van der Waals surface area (Å²) in [6.45, 7) is 2.41. The zero-order valence-electron chi connectivity index (χ0n) is 12.0. The van der Waals surface area contributed by atoms with Gasteiger partial charge in [-0.2, -0.15) is 0 Å². The molecule has 0 aliphatic carbocycles. The van der Waals surface area contributed by atoms with Crippen LogP contribution in [0.25, 0.3) is 0 Å². The van der Waals surface area contributed by atoms with Crippen molar-refractivity contribution in [2.75, 3.05) is 19.0 Å². The summed E-state index contributed by atoms with van der Waals surface area (Å²) in [5.74, 6) is 0.676. The van der Waals surface area contributed by atoms with E-state index in [4.69, 9.17) is 32.8 Å². The first-order chi connectivity index (χ1) is 10.3. The third kappa shape index (κ3) is 6.02. The molecular formula is C12H17Cl2N2O5P. The molecule has 0 bridgehead atoms. The second kappa shape index (κ2) is 9.22. The number of carbonyl (C=O) groups is 1. The molecule has 0 aliphatic heterocycles. The maximum absolute atomic E-state index is 12.1. The summed E-state index contributed by atoms with van der Waals surface area (Å²) in [5, 5.41) is 2.58. The Morgan fingerprint density at radius 2 is 2.00 bits per heavy atom. The first-order valence-corrected chi connectivity index (χ1v) is 8.43. The second-order valence-electron chi connectivity index (χ2n) is 4.11. The third-order valence-corrected chi connectivity index (χ3v) is 3.43. The highest BCUT2D eigenvalue weighted by atomic mass is 35.5. The summed E-state index contributed by atoms with van der Waals surface area (Å²) in [4.78, 5) is 20.7. The smallest absolute Gasteiger partial charge is 0.323 e. The molecule has 0 saturated heterocycles. The van der Waals surface area contributed by atoms with E-state index in [1.54, 1.807) is 24.3 Å². The van der Waals surface area contributed by atoms with Gasteiger partial charge in [-0.3, -0.25) is 14.0 Å². The van der Waals surface area contributed by atoms with Crippen molar-refractivity contribution in [3.05, 3.63) is 24.3 Å². The normalized spacial score (nSPS) is 13.5. The Kier molecular flexibility index (Phi) is 8.00. The summed E-state index contributed by atoms with van der Waals surface area (Å²) < 4.78 is 20.7. The molecule has 124 valence electrons. The molecule has 2 amide bonds. The van der Waals surface area contributed by atoms with Crippen LogP contribution in [0, 0.1) is 0 Å². The van der Waals surface area contributed by atoms with E-state index in [0.717, 1.165) is 4.90 Å². The van der Waals surface area contributed by atoms with E-state index < -0.39 is 25.4 Å². The molecular weight excluding hydrogens is 354 g/mol. The van der Waals surface area contributed by atoms with E-state index in [-0.39, 0.29) is 0 Å². The Hall–Kier alpha value is -0.980. The zero-order valence-corrected chi connectivity index (χ0v) is 14.5. The number of anilines is 1. The topological polar surface area (TPSA) is 88.1 Å². The highest BCUT2D eigenvalue weighted by Gasteiger charge is 2.28. The maximum Gasteiger partial charge on any atom is 0.323 e. The van der Waals surface area contributed by atoms with Crippen LogP contribution in [0.3, 0.4) is 0 Å². The van der Waals surface area contributed by atoms with Crippen molar-refractivity contribution < 1.29 is 23.5 Å². The molecule has 0 saturated carbocycles. The Balaban J connectivity index is 2.71. The lowest BCUT2D eigenvalue weighted by Crippen LogP contribution is -2.44. The average molecular weight is 371 g/mol. The van der Waals surface area contributed by atoms with Gasteiger partial charge >= 0.3 is 14.3 Å². The Labute approximate surface area is 139 Å². The van der Waals surface area contributed by atoms with Crippen molar-refractivity contribution in [3.63, 3.8) is 0 Å². The molecule has 7 nitrogen and oxygen atoms in total. The van der Waals surface area contributed by atoms with Crippen LogP contribution in [0.4, 0.5) is 10.5 Å². The van der Waals surface area contributed by atoms with Gasteiger partial charge in [0.15, 0.2) is 11.1 Å². The minimum atomic E-state index is -3.30. The molecule has 22 heavy (non-hydrogen) atoms. The molecule has 1 aromatic rings. The van der Waals surface area contributed by atoms with E-state index in [9.17, 15) is 9.36 Å². The number of alkyl halides is 2. The summed E-state index contributed by atoms with van der Waals surface area (Å²) in [7, 11) is -1.95. The lowest BCUT2D eigenvalue weighted by Gasteiger charge is -2.27. The first kappa shape index (κ1) is 19.1. The molecule has 2 atom stereocenters. The van der Waals surface area contributed by atoms with Crippen molar-refractivity contribution in [2.24, 2.45) is 0 Å². The number of nitrogens with one attached hydrogen (secondary N) is 1. The second-order valence-corrected chi connectivity index (χ2v) is 6.04. The number of urea groups is 1. The minimum absolute atomic E-state index is 0.511. The number of ether oxygens (including phenoxy) is 1. The fourth-order valence-electron chi connectivity index (χ4n) is 1.53. The van der Waals surface area contributed by atoms with Gasteiger partial charge in [-0.1, -0.05) is 0 Å². The summed E-state index contributed by atoms with van der Waals surface area (Å²) >= 11 is 11.3. The van der Waals surface area contributed by atoms with Crippen LogP contribution in [0.15, 0.2) is 24.3 Å². The molecule has 1 rings (SSSR count). The number of hydrogen-bond donors (Lipinski definition) is 2. The Morgan fingerprint density at radius 3 is 2.45 bits per heavy atom. The van der Waals surface area contributed by atoms with Crippen molar-refractivity contribution in [3.8, 4) is 5.75 Å². The fraction of sp³-hybridized carbons (Fsp3) is 0.417. The van der Waals surface area contributed by atoms with Crippen LogP contribution >= 0.6 is 31.5 Å². The van der Waals surface area contributed by atoms with Gasteiger partial charge in [0, 0.05) is 12.7 Å². The van der Waals surface area contributed by atoms with Crippen molar-refractivity contribution >= 4 is 43.2 Å². The van der Waals surface area contributed by atoms with Crippen molar-refractivity contribution in [2.45, 2.75) is 18.0 Å². The summed E-state index contributed by atoms with van der Waals surface area (Å²) in [6, 6.07) is 6.11. The van der Waals surface area contributed by atoms with Crippen LogP contribution in [0.5, 0.6) is 5.75 Å². The molecule has 0 aromatic heterocycles. The van der Waals surface area contributed by atoms with E-state index >= 15 is 0 Å². The third-order valence-electron chi connectivity index (χ3n) is 2.56. The summed E-state index contributed by atoms with van der Waals surface area (Å²) in [6.07, 6.45) is -1.25. The van der Waals surface area contributed by atoms with Crippen molar-refractivity contribution in [1.29, 1.82) is 0 Å². The van der Waals surface area contributed by atoms with Crippen molar-refractivity contribution in [1.82, 2.24) is 4.90 Å². The van der Waals surface area contributed by atoms with Gasteiger partial charge in [0.2, 0.25) is 0 Å². The quantitative estimate of drug-likeness (QED) is 0.437. The monoisotopic (exact) mass is 370 g/mol. The lowest BCUT2D eigenvalue weighted by atomic mass is 10.3. The standard InChI is InChI=1S/C12H17Cl2N2O5P/c1-3-20-9-6-4-8(5-7-9)15-12(17)16(2)11(10(13)14)21-22(18)19/h4-7,10-11,22H,3H2,1-2H3,(H,15,17)(H,18,19). The molecule has 0 fully saturated rings. The predicted octanol–water partition coefficient (Wildman–Crippen LogP) is 3.08. The number of nitrogens with zero attached hydrogens (tertiary/aromatic N) is 1. The zero-order chi connectivity index (χ0) is 16.7. The largest absolute Gasteiger partial charge is 0.494 e. The van der Waals surface area contributed by atoms with E-state index in [2.05, 4.69) is 9.84 Å². The van der Waals surface area contributed by atoms with Gasteiger partial charge in [-0.05, 0) is 31.2 Å². The van der Waals surface area contributed by atoms with E-state index in [0.29, 0.717) is 18.0 Å². The van der Waals surface area contributed by atoms with Gasteiger partial charge in [0.1, 0.15) is 5.75 Å². The fourth-order valence-corrected chi connectivity index (χ4v) is 2.65. The Morgan fingerprint density at radius 1 is 1.41 bits per heavy atom. The molecule has 2 N–H and O–H groups in total. The van der Waals surface area contributed by atoms with Gasteiger partial charge in [0.05, 0.1) is 6.61 Å². The van der Waals surface area contributed by atoms with Gasteiger partial charge in [0.25, 0.3) is 0 Å². The molecule has 0 spiro atoms. The Bertz CT molecular complexity index is 515.